The van der Waals surface area contributed by atoms with Crippen molar-refractivity contribution in [1.29, 1.82) is 0 Å². The average Bonchev–Trinajstić information content (AvgIpc) is 2.39. The number of hydrogen-bond acceptors (Lipinski definition) is 4. The molecular formula is C13H27N3O3. The molecule has 1 heterocycles. The average molecular weight is 273 g/mol. The van der Waals surface area contributed by atoms with Crippen LogP contribution in [0.5, 0.6) is 0 Å². The summed E-state index contributed by atoms with van der Waals surface area (Å²) in [5.74, 6) is 0.468. The Morgan fingerprint density at radius 2 is 2.21 bits per heavy atom. The molecule has 0 saturated carbocycles. The molecule has 3 N–H and O–H groups in total. The topological polar surface area (TPSA) is 78.1 Å². The smallest absolute Gasteiger partial charge is 0.188 e. The highest BCUT2D eigenvalue weighted by Gasteiger charge is 2.13. The van der Waals surface area contributed by atoms with Gasteiger partial charge in [-0.2, -0.15) is 0 Å². The lowest BCUT2D eigenvalue weighted by molar-refractivity contribution is -0.0318. The van der Waals surface area contributed by atoms with Gasteiger partial charge in [0, 0.05) is 39.5 Å². The fraction of sp³-hybridized carbons (Fsp3) is 0.923. The van der Waals surface area contributed by atoms with Gasteiger partial charge < -0.3 is 25.3 Å². The van der Waals surface area contributed by atoms with Crippen LogP contribution in [0.4, 0.5) is 0 Å². The number of ether oxygens (including phenoxy) is 3. The van der Waals surface area contributed by atoms with E-state index in [1.807, 2.05) is 6.92 Å². The Kier molecular flexibility index (Phi) is 8.53. The quantitative estimate of drug-likeness (QED) is 0.383. The molecule has 1 aliphatic rings. The van der Waals surface area contributed by atoms with Gasteiger partial charge >= 0.3 is 0 Å². The molecule has 0 aromatic heterocycles. The van der Waals surface area contributed by atoms with Crippen LogP contribution < -0.4 is 11.1 Å². The lowest BCUT2D eigenvalue weighted by Crippen LogP contribution is -2.40. The van der Waals surface area contributed by atoms with Crippen LogP contribution in [0.15, 0.2) is 4.99 Å². The van der Waals surface area contributed by atoms with Gasteiger partial charge in [-0.1, -0.05) is 0 Å². The standard InChI is InChI=1S/C13H27N3O3/c1-11(10-17-2)16-13(14)15-6-3-7-19-12-4-8-18-9-5-12/h11-12H,3-10H2,1-2H3,(H3,14,15,16). The Labute approximate surface area is 115 Å². The third-order valence-electron chi connectivity index (χ3n) is 2.92. The highest BCUT2D eigenvalue weighted by atomic mass is 16.5. The molecule has 6 nitrogen and oxygen atoms in total. The Morgan fingerprint density at radius 3 is 2.89 bits per heavy atom. The van der Waals surface area contributed by atoms with E-state index < -0.39 is 0 Å². The number of rotatable bonds is 8. The first-order valence-corrected chi connectivity index (χ1v) is 6.97. The molecule has 0 aromatic carbocycles. The summed E-state index contributed by atoms with van der Waals surface area (Å²) < 4.78 is 16.0. The number of nitrogens with two attached hydrogens (primary N) is 1. The van der Waals surface area contributed by atoms with Crippen molar-refractivity contribution in [2.45, 2.75) is 38.3 Å². The van der Waals surface area contributed by atoms with Crippen LogP contribution in [0.2, 0.25) is 0 Å². The second-order valence-corrected chi connectivity index (χ2v) is 4.80. The molecule has 1 aliphatic heterocycles. The number of methoxy groups -OCH3 is 1. The van der Waals surface area contributed by atoms with E-state index in [0.29, 0.717) is 25.2 Å². The zero-order valence-corrected chi connectivity index (χ0v) is 12.1. The third-order valence-corrected chi connectivity index (χ3v) is 2.92. The summed E-state index contributed by atoms with van der Waals surface area (Å²) in [5.41, 5.74) is 5.76. The fourth-order valence-corrected chi connectivity index (χ4v) is 1.95. The molecule has 0 aliphatic carbocycles. The van der Waals surface area contributed by atoms with Gasteiger partial charge in [0.05, 0.1) is 12.7 Å². The molecule has 1 atom stereocenters. The van der Waals surface area contributed by atoms with Gasteiger partial charge in [0.1, 0.15) is 0 Å². The van der Waals surface area contributed by atoms with E-state index in [4.69, 9.17) is 19.9 Å². The number of guanidine groups is 1. The lowest BCUT2D eigenvalue weighted by atomic mass is 10.1. The zero-order valence-electron chi connectivity index (χ0n) is 12.1. The molecule has 112 valence electrons. The van der Waals surface area contributed by atoms with Gasteiger partial charge in [-0.15, -0.1) is 0 Å². The fourth-order valence-electron chi connectivity index (χ4n) is 1.95. The first-order valence-electron chi connectivity index (χ1n) is 6.97. The van der Waals surface area contributed by atoms with Crippen molar-refractivity contribution < 1.29 is 14.2 Å². The molecule has 0 spiro atoms. The van der Waals surface area contributed by atoms with Gasteiger partial charge in [0.25, 0.3) is 0 Å². The summed E-state index contributed by atoms with van der Waals surface area (Å²) in [6.45, 7) is 5.66. The summed E-state index contributed by atoms with van der Waals surface area (Å²) in [6.07, 6.45) is 3.25. The SMILES string of the molecule is COCC(C)NC(N)=NCCCOC1CCOCC1. The molecule has 0 amide bonds. The third kappa shape index (κ3) is 8.02. The molecule has 1 rings (SSSR count). The summed E-state index contributed by atoms with van der Waals surface area (Å²) in [4.78, 5) is 4.25. The van der Waals surface area contributed by atoms with Crippen molar-refractivity contribution in [1.82, 2.24) is 5.32 Å². The first kappa shape index (κ1) is 16.2. The largest absolute Gasteiger partial charge is 0.383 e. The van der Waals surface area contributed by atoms with Gasteiger partial charge in [0.2, 0.25) is 0 Å². The molecule has 0 bridgehead atoms. The second-order valence-electron chi connectivity index (χ2n) is 4.80. The number of nitrogens with one attached hydrogen (secondary N) is 1. The van der Waals surface area contributed by atoms with E-state index in [2.05, 4.69) is 10.3 Å². The van der Waals surface area contributed by atoms with Crippen molar-refractivity contribution in [3.8, 4) is 0 Å². The Balaban J connectivity index is 2.01. The van der Waals surface area contributed by atoms with Gasteiger partial charge in [-0.3, -0.25) is 4.99 Å². The van der Waals surface area contributed by atoms with Gasteiger partial charge in [-0.05, 0) is 26.2 Å². The lowest BCUT2D eigenvalue weighted by Gasteiger charge is -2.22. The Bertz CT molecular complexity index is 256. The van der Waals surface area contributed by atoms with Crippen molar-refractivity contribution in [2.24, 2.45) is 10.7 Å². The molecule has 1 unspecified atom stereocenters. The normalized spacial score (nSPS) is 19.4. The van der Waals surface area contributed by atoms with E-state index in [1.165, 1.54) is 0 Å². The molecule has 1 fully saturated rings. The van der Waals surface area contributed by atoms with E-state index >= 15 is 0 Å². The van der Waals surface area contributed by atoms with Crippen LogP contribution >= 0.6 is 0 Å². The maximum absolute atomic E-state index is 5.76. The van der Waals surface area contributed by atoms with E-state index in [-0.39, 0.29) is 6.04 Å². The molecule has 0 aromatic rings. The van der Waals surface area contributed by atoms with Gasteiger partial charge in [-0.25, -0.2) is 0 Å². The van der Waals surface area contributed by atoms with Crippen LogP contribution in [-0.2, 0) is 14.2 Å². The minimum atomic E-state index is 0.173. The van der Waals surface area contributed by atoms with Crippen LogP contribution in [0, 0.1) is 0 Å². The maximum atomic E-state index is 5.76. The van der Waals surface area contributed by atoms with Crippen molar-refractivity contribution in [2.75, 3.05) is 40.1 Å². The zero-order chi connectivity index (χ0) is 13.9. The van der Waals surface area contributed by atoms with E-state index in [9.17, 15) is 0 Å². The van der Waals surface area contributed by atoms with Crippen LogP contribution in [0.1, 0.15) is 26.2 Å². The van der Waals surface area contributed by atoms with E-state index in [1.54, 1.807) is 7.11 Å². The molecular weight excluding hydrogens is 246 g/mol. The maximum Gasteiger partial charge on any atom is 0.188 e. The van der Waals surface area contributed by atoms with Crippen molar-refractivity contribution in [3.05, 3.63) is 0 Å². The summed E-state index contributed by atoms with van der Waals surface area (Å²) in [7, 11) is 1.67. The molecule has 0 radical (unpaired) electrons. The van der Waals surface area contributed by atoms with Gasteiger partial charge in [0.15, 0.2) is 5.96 Å². The molecule has 1 saturated heterocycles. The minimum Gasteiger partial charge on any atom is -0.383 e. The summed E-state index contributed by atoms with van der Waals surface area (Å²) in [6, 6.07) is 0.173. The number of hydrogen-bond donors (Lipinski definition) is 2. The second kappa shape index (κ2) is 10.00. The van der Waals surface area contributed by atoms with Crippen molar-refractivity contribution in [3.63, 3.8) is 0 Å². The van der Waals surface area contributed by atoms with Crippen molar-refractivity contribution >= 4 is 5.96 Å². The van der Waals surface area contributed by atoms with E-state index in [0.717, 1.165) is 39.1 Å². The predicted molar refractivity (Wildman–Crippen MR) is 75.4 cm³/mol. The minimum absolute atomic E-state index is 0.173. The first-order chi connectivity index (χ1) is 9.22. The molecule has 6 heteroatoms. The van der Waals surface area contributed by atoms with Crippen LogP contribution in [0.3, 0.4) is 0 Å². The number of nitrogens with zero attached hydrogens (tertiary/aromatic N) is 1. The Hall–Kier alpha value is -0.850. The van der Waals surface area contributed by atoms with Crippen LogP contribution in [-0.4, -0.2) is 58.2 Å². The Morgan fingerprint density at radius 1 is 1.47 bits per heavy atom. The highest BCUT2D eigenvalue weighted by Crippen LogP contribution is 2.10. The highest BCUT2D eigenvalue weighted by molar-refractivity contribution is 5.78. The number of aliphatic imine (C=N–C) groups is 1. The summed E-state index contributed by atoms with van der Waals surface area (Å²) in [5, 5.41) is 3.07. The predicted octanol–water partition coefficient (Wildman–Crippen LogP) is 0.511. The molecule has 19 heavy (non-hydrogen) atoms. The van der Waals surface area contributed by atoms with Crippen LogP contribution in [0.25, 0.3) is 0 Å². The summed E-state index contributed by atoms with van der Waals surface area (Å²) >= 11 is 0. The monoisotopic (exact) mass is 273 g/mol.